The zero-order chi connectivity index (χ0) is 17.1. The molecule has 0 radical (unpaired) electrons. The summed E-state index contributed by atoms with van der Waals surface area (Å²) in [5.74, 6) is 0. The number of rotatable bonds is 4. The van der Waals surface area contributed by atoms with E-state index in [1.165, 1.54) is 24.3 Å². The van der Waals surface area contributed by atoms with E-state index in [4.69, 9.17) is 0 Å². The molecule has 0 aliphatic heterocycles. The molecule has 23 heavy (non-hydrogen) atoms. The van der Waals surface area contributed by atoms with Gasteiger partial charge in [0.05, 0.1) is 21.1 Å². The largest absolute Gasteiger partial charge is 0.293 e. The quantitative estimate of drug-likeness (QED) is 0.827. The van der Waals surface area contributed by atoms with E-state index in [1.54, 1.807) is 24.3 Å². The molecule has 2 aromatic rings. The number of benzene rings is 2. The minimum Gasteiger partial charge on any atom is -0.198 e. The van der Waals surface area contributed by atoms with Crippen LogP contribution in [0.1, 0.15) is 11.1 Å². The van der Waals surface area contributed by atoms with Crippen LogP contribution in [0.4, 0.5) is 0 Å². The Morgan fingerprint density at radius 1 is 0.652 bits per heavy atom. The molecule has 0 spiro atoms. The van der Waals surface area contributed by atoms with Gasteiger partial charge in [0.25, 0.3) is 20.0 Å². The first-order valence-corrected chi connectivity index (χ1v) is 10.1. The predicted octanol–water partition coefficient (Wildman–Crippen LogP) is 2.83. The van der Waals surface area contributed by atoms with Crippen molar-refractivity contribution in [2.24, 2.45) is 7.54 Å². The summed E-state index contributed by atoms with van der Waals surface area (Å²) in [6.07, 6.45) is 0. The Kier molecular flexibility index (Phi) is 5.12. The van der Waals surface area contributed by atoms with Gasteiger partial charge < -0.3 is 0 Å². The van der Waals surface area contributed by atoms with E-state index in [1.807, 2.05) is 13.8 Å². The third-order valence-corrected chi connectivity index (χ3v) is 6.74. The predicted molar refractivity (Wildman–Crippen MR) is 89.0 cm³/mol. The Balaban J connectivity index is 2.32. The molecule has 0 bridgehead atoms. The van der Waals surface area contributed by atoms with Crippen LogP contribution >= 0.6 is 0 Å². The van der Waals surface area contributed by atoms with Crippen molar-refractivity contribution in [2.75, 3.05) is 0 Å². The minimum absolute atomic E-state index is 0.0152. The van der Waals surface area contributed by atoms with Crippen molar-refractivity contribution in [1.82, 2.24) is 0 Å². The molecule has 0 atom stereocenters. The Morgan fingerprint density at radius 2 is 0.957 bits per heavy atom. The summed E-state index contributed by atoms with van der Waals surface area (Å²) in [5.41, 5.74) is 1.81. The van der Waals surface area contributed by atoms with Crippen LogP contribution in [0.5, 0.6) is 0 Å². The zero-order valence-corrected chi connectivity index (χ0v) is 14.8. The Morgan fingerprint density at radius 3 is 1.26 bits per heavy atom. The van der Waals surface area contributed by atoms with Gasteiger partial charge in [0, 0.05) is 0 Å². The van der Waals surface area contributed by atoms with Crippen LogP contribution in [0.3, 0.4) is 0 Å². The van der Waals surface area contributed by atoms with Crippen LogP contribution in [-0.4, -0.2) is 16.8 Å². The Hall–Kier alpha value is -1.84. The highest BCUT2D eigenvalue weighted by Crippen LogP contribution is 2.14. The second-order valence-electron chi connectivity index (χ2n) is 4.81. The fourth-order valence-electron chi connectivity index (χ4n) is 1.61. The fourth-order valence-corrected chi connectivity index (χ4v) is 4.31. The lowest BCUT2D eigenvalue weighted by Crippen LogP contribution is -1.97. The topological polar surface area (TPSA) is 93.0 Å². The summed E-state index contributed by atoms with van der Waals surface area (Å²) in [6.45, 7) is 3.65. The normalized spacial score (nSPS) is 11.7. The van der Waals surface area contributed by atoms with Crippen molar-refractivity contribution in [3.8, 4) is 0 Å². The molecule has 2 aromatic carbocycles. The molecule has 0 saturated heterocycles. The summed E-state index contributed by atoms with van der Waals surface area (Å²) in [6, 6.07) is 12.2. The van der Waals surface area contributed by atoms with Crippen molar-refractivity contribution in [1.29, 1.82) is 0 Å². The molecule has 0 saturated carbocycles. The standard InChI is InChI=1S/C14H14N2O4S3/c1-11-3-7-13(8-4-11)22(17,18)15-21-16-23(19,20)14-9-5-12(2)6-10-14/h3-10H,1-2H3. The van der Waals surface area contributed by atoms with Crippen LogP contribution in [0.15, 0.2) is 65.9 Å². The first-order valence-electron chi connectivity index (χ1n) is 6.45. The Labute approximate surface area is 139 Å². The smallest absolute Gasteiger partial charge is 0.198 e. The maximum absolute atomic E-state index is 12.0. The van der Waals surface area contributed by atoms with Crippen molar-refractivity contribution in [3.63, 3.8) is 0 Å². The lowest BCUT2D eigenvalue weighted by atomic mass is 10.2. The lowest BCUT2D eigenvalue weighted by molar-refractivity contribution is 0.597. The van der Waals surface area contributed by atoms with Gasteiger partial charge in [-0.2, -0.15) is 16.8 Å². The van der Waals surface area contributed by atoms with Crippen molar-refractivity contribution in [3.05, 3.63) is 59.7 Å². The van der Waals surface area contributed by atoms with E-state index in [0.29, 0.717) is 0 Å². The monoisotopic (exact) mass is 370 g/mol. The number of sulfonamides is 2. The van der Waals surface area contributed by atoms with E-state index in [-0.39, 0.29) is 21.1 Å². The molecular weight excluding hydrogens is 356 g/mol. The van der Waals surface area contributed by atoms with Gasteiger partial charge in [0.2, 0.25) is 0 Å². The number of hydrogen-bond acceptors (Lipinski definition) is 4. The van der Waals surface area contributed by atoms with Crippen molar-refractivity contribution >= 4 is 31.4 Å². The van der Waals surface area contributed by atoms with Crippen LogP contribution < -0.4 is 0 Å². The minimum atomic E-state index is -3.96. The first-order chi connectivity index (χ1) is 10.7. The SMILES string of the molecule is Cc1ccc(S(=O)(=O)N=S=NS(=O)(=O)c2ccc(C)cc2)cc1. The molecule has 0 aliphatic carbocycles. The zero-order valence-electron chi connectivity index (χ0n) is 12.4. The Bertz CT molecular complexity index is 892. The van der Waals surface area contributed by atoms with E-state index < -0.39 is 20.0 Å². The van der Waals surface area contributed by atoms with Crippen LogP contribution in [0.25, 0.3) is 0 Å². The van der Waals surface area contributed by atoms with Crippen LogP contribution in [0, 0.1) is 13.8 Å². The number of nitrogens with zero attached hydrogens (tertiary/aromatic N) is 2. The summed E-state index contributed by atoms with van der Waals surface area (Å²) in [4.78, 5) is -0.0305. The molecule has 0 amide bonds. The van der Waals surface area contributed by atoms with Gasteiger partial charge in [-0.3, -0.25) is 0 Å². The molecule has 6 nitrogen and oxygen atoms in total. The van der Waals surface area contributed by atoms with Gasteiger partial charge in [-0.05, 0) is 38.1 Å². The average Bonchev–Trinajstić information content (AvgIpc) is 2.47. The second-order valence-corrected chi connectivity index (χ2v) is 9.01. The highest BCUT2D eigenvalue weighted by atomic mass is 32.3. The molecule has 0 aromatic heterocycles. The second kappa shape index (κ2) is 6.73. The molecule has 0 aliphatic rings. The van der Waals surface area contributed by atoms with Crippen molar-refractivity contribution in [2.45, 2.75) is 23.6 Å². The maximum atomic E-state index is 12.0. The maximum Gasteiger partial charge on any atom is 0.293 e. The van der Waals surface area contributed by atoms with Gasteiger partial charge in [0.15, 0.2) is 0 Å². The van der Waals surface area contributed by atoms with E-state index >= 15 is 0 Å². The molecule has 0 unspecified atom stereocenters. The summed E-state index contributed by atoms with van der Waals surface area (Å²) in [5, 5.41) is 0. The van der Waals surface area contributed by atoms with Gasteiger partial charge in [0.1, 0.15) is 0 Å². The number of aryl methyl sites for hydroxylation is 2. The van der Waals surface area contributed by atoms with Gasteiger partial charge in [-0.25, -0.2) is 0 Å². The van der Waals surface area contributed by atoms with Crippen LogP contribution in [-0.2, 0) is 31.4 Å². The average molecular weight is 370 g/mol. The van der Waals surface area contributed by atoms with Gasteiger partial charge >= 0.3 is 0 Å². The highest BCUT2D eigenvalue weighted by molar-refractivity contribution is 7.97. The molecule has 9 heteroatoms. The summed E-state index contributed by atoms with van der Waals surface area (Å²) in [7, 11) is -7.92. The highest BCUT2D eigenvalue weighted by Gasteiger charge is 2.13. The molecule has 0 heterocycles. The summed E-state index contributed by atoms with van der Waals surface area (Å²) < 4.78 is 54.5. The van der Waals surface area contributed by atoms with Gasteiger partial charge in [-0.1, -0.05) is 42.9 Å². The van der Waals surface area contributed by atoms with E-state index in [9.17, 15) is 16.8 Å². The number of hydrogen-bond donors (Lipinski definition) is 0. The molecule has 2 rings (SSSR count). The molecular formula is C14H14N2O4S3. The van der Waals surface area contributed by atoms with E-state index in [2.05, 4.69) is 7.54 Å². The fraction of sp³-hybridized carbons (Fsp3) is 0.143. The third kappa shape index (κ3) is 4.57. The van der Waals surface area contributed by atoms with Gasteiger partial charge in [-0.15, -0.1) is 0 Å². The van der Waals surface area contributed by atoms with Crippen LogP contribution in [0.2, 0.25) is 0 Å². The van der Waals surface area contributed by atoms with Crippen molar-refractivity contribution < 1.29 is 16.8 Å². The molecule has 0 fully saturated rings. The van der Waals surface area contributed by atoms with E-state index in [0.717, 1.165) is 11.1 Å². The third-order valence-electron chi connectivity index (χ3n) is 2.90. The first kappa shape index (κ1) is 17.5. The molecule has 0 N–H and O–H groups in total. The lowest BCUT2D eigenvalue weighted by Gasteiger charge is -1.98. The summed E-state index contributed by atoms with van der Waals surface area (Å²) >= 11 is 0.139. The molecule has 122 valence electrons.